The van der Waals surface area contributed by atoms with Gasteiger partial charge in [0.05, 0.1) is 19.7 Å². The Balaban J connectivity index is 2.37. The zero-order valence-electron chi connectivity index (χ0n) is 16.0. The average Bonchev–Trinajstić information content (AvgIpc) is 2.44. The lowest BCUT2D eigenvalue weighted by molar-refractivity contribution is 0.415. The Kier molecular flexibility index (Phi) is 2.82. The molecule has 19 heavy (non-hydrogen) atoms. The molecule has 4 heteroatoms. The van der Waals surface area contributed by atoms with Gasteiger partial charge in [0.15, 0.2) is 0 Å². The minimum atomic E-state index is -2.55. The van der Waals surface area contributed by atoms with E-state index in [1.54, 1.807) is 18.3 Å². The number of methoxy groups -OCH3 is 1. The summed E-state index contributed by atoms with van der Waals surface area (Å²) >= 11 is 0. The molecule has 0 spiro atoms. The summed E-state index contributed by atoms with van der Waals surface area (Å²) in [6, 6.07) is 5.62. The predicted octanol–water partition coefficient (Wildman–Crippen LogP) is 2.78. The molecule has 0 amide bonds. The summed E-state index contributed by atoms with van der Waals surface area (Å²) < 4.78 is 44.1. The number of pyridine rings is 1. The summed E-state index contributed by atoms with van der Waals surface area (Å²) in [5.41, 5.74) is 6.39. The topological polar surface area (TPSA) is 60.2 Å². The van der Waals surface area contributed by atoms with Crippen molar-refractivity contribution >= 4 is 16.6 Å². The third kappa shape index (κ3) is 3.35. The Morgan fingerprint density at radius 3 is 3.16 bits per heavy atom. The fourth-order valence-corrected chi connectivity index (χ4v) is 1.84. The summed E-state index contributed by atoms with van der Waals surface area (Å²) in [6.45, 7) is -1.09. The van der Waals surface area contributed by atoms with Gasteiger partial charge in [0, 0.05) is 29.2 Å². The van der Waals surface area contributed by atoms with Crippen LogP contribution in [0.3, 0.4) is 0 Å². The lowest BCUT2D eigenvalue weighted by Gasteiger charge is -2.17. The first-order valence-corrected chi connectivity index (χ1v) is 5.95. The number of hydrogen-bond donors (Lipinski definition) is 2. The summed E-state index contributed by atoms with van der Waals surface area (Å²) in [7, 11) is 1.53. The Hall–Kier alpha value is -1.81. The Morgan fingerprint density at radius 2 is 2.42 bits per heavy atom. The van der Waals surface area contributed by atoms with Gasteiger partial charge in [-0.25, -0.2) is 0 Å². The van der Waals surface area contributed by atoms with Crippen LogP contribution in [-0.2, 0) is 0 Å². The number of nitrogens with zero attached hydrogens (tertiary/aromatic N) is 1. The normalized spacial score (nSPS) is 19.4. The van der Waals surface area contributed by atoms with E-state index in [4.69, 9.17) is 17.3 Å². The first-order chi connectivity index (χ1) is 11.0. The largest absolute Gasteiger partial charge is 0.497 e. The number of benzene rings is 1. The molecule has 1 atom stereocenters. The third-order valence-electron chi connectivity index (χ3n) is 2.72. The van der Waals surface area contributed by atoms with Gasteiger partial charge in [-0.3, -0.25) is 4.98 Å². The number of fused-ring (bicyclic) bond motifs is 1. The number of hydrogen-bond acceptors (Lipinski definition) is 4. The van der Waals surface area contributed by atoms with Crippen molar-refractivity contribution in [1.82, 2.24) is 4.98 Å². The highest BCUT2D eigenvalue weighted by atomic mass is 16.5. The maximum atomic E-state index is 8.36. The van der Waals surface area contributed by atoms with Crippen molar-refractivity contribution in [2.45, 2.75) is 25.7 Å². The van der Waals surface area contributed by atoms with Crippen LogP contribution in [0.2, 0.25) is 0 Å². The average molecular weight is 264 g/mol. The number of nitrogens with two attached hydrogens (primary N) is 1. The van der Waals surface area contributed by atoms with E-state index in [2.05, 4.69) is 10.3 Å². The Labute approximate surface area is 121 Å². The minimum Gasteiger partial charge on any atom is -0.497 e. The molecule has 0 aliphatic carbocycles. The van der Waals surface area contributed by atoms with Crippen LogP contribution in [0, 0.1) is 0 Å². The molecule has 2 aromatic rings. The first-order valence-electron chi connectivity index (χ1n) is 8.45. The lowest BCUT2D eigenvalue weighted by Crippen LogP contribution is -2.17. The van der Waals surface area contributed by atoms with E-state index in [-0.39, 0.29) is 0 Å². The van der Waals surface area contributed by atoms with Crippen molar-refractivity contribution in [2.24, 2.45) is 5.73 Å². The highest BCUT2D eigenvalue weighted by Gasteiger charge is 2.08. The van der Waals surface area contributed by atoms with Crippen molar-refractivity contribution in [2.75, 3.05) is 18.9 Å². The molecule has 0 fully saturated rings. The highest BCUT2D eigenvalue weighted by molar-refractivity contribution is 5.91. The second kappa shape index (κ2) is 6.38. The Morgan fingerprint density at radius 1 is 1.58 bits per heavy atom. The molecule has 0 saturated heterocycles. The van der Waals surface area contributed by atoms with Crippen LogP contribution in [-0.4, -0.2) is 24.6 Å². The molecule has 0 aliphatic rings. The van der Waals surface area contributed by atoms with Crippen LogP contribution in [0.5, 0.6) is 5.75 Å². The van der Waals surface area contributed by atoms with Crippen molar-refractivity contribution < 1.29 is 11.6 Å². The minimum absolute atomic E-state index is 0.449. The van der Waals surface area contributed by atoms with Crippen LogP contribution in [0.4, 0.5) is 5.69 Å². The smallest absolute Gasteiger partial charge is 0.121 e. The van der Waals surface area contributed by atoms with E-state index in [9.17, 15) is 0 Å². The third-order valence-corrected chi connectivity index (χ3v) is 2.72. The molecular formula is C15H21N3O. The van der Waals surface area contributed by atoms with Gasteiger partial charge in [0.25, 0.3) is 0 Å². The van der Waals surface area contributed by atoms with Crippen molar-refractivity contribution in [1.29, 1.82) is 0 Å². The van der Waals surface area contributed by atoms with Crippen molar-refractivity contribution in [3.05, 3.63) is 30.5 Å². The van der Waals surface area contributed by atoms with Crippen LogP contribution >= 0.6 is 0 Å². The zero-order valence-corrected chi connectivity index (χ0v) is 11.0. The Bertz CT molecular complexity index is 731. The molecule has 1 unspecified atom stereocenters. The fourth-order valence-electron chi connectivity index (χ4n) is 1.84. The first kappa shape index (κ1) is 8.38. The number of ether oxygens (including phenoxy) is 1. The van der Waals surface area contributed by atoms with Crippen LogP contribution < -0.4 is 15.8 Å². The fraction of sp³-hybridized carbons (Fsp3) is 0.400. The molecule has 102 valence electrons. The zero-order chi connectivity index (χ0) is 18.2. The van der Waals surface area contributed by atoms with Gasteiger partial charge in [-0.05, 0) is 38.3 Å². The second-order valence-electron chi connectivity index (χ2n) is 4.15. The van der Waals surface area contributed by atoms with Gasteiger partial charge < -0.3 is 15.8 Å². The second-order valence-corrected chi connectivity index (χ2v) is 4.15. The van der Waals surface area contributed by atoms with Crippen LogP contribution in [0.25, 0.3) is 10.9 Å². The van der Waals surface area contributed by atoms with Gasteiger partial charge in [0.1, 0.15) is 5.75 Å². The van der Waals surface area contributed by atoms with E-state index in [0.717, 1.165) is 5.39 Å². The SMILES string of the molecule is [2H]C(C)(CC([2H])([2H])C([2H])([2H])N)Nc1cc(OC)cc2cccnc12. The van der Waals surface area contributed by atoms with Crippen LogP contribution in [0.1, 0.15) is 26.6 Å². The highest BCUT2D eigenvalue weighted by Crippen LogP contribution is 2.28. The van der Waals surface area contributed by atoms with Gasteiger partial charge in [-0.15, -0.1) is 0 Å². The van der Waals surface area contributed by atoms with Gasteiger partial charge >= 0.3 is 0 Å². The standard InChI is InChI=1S/C15H21N3O/c1-11(5-3-7-16)18-14-10-13(19-2)9-12-6-4-8-17-15(12)14/h4,6,8-11,18H,3,5,7,16H2,1-2H3/i3D2,7D2,11D. The maximum Gasteiger partial charge on any atom is 0.121 e. The molecule has 1 aromatic heterocycles. The molecule has 0 aliphatic heterocycles. The number of aromatic nitrogens is 1. The lowest BCUT2D eigenvalue weighted by atomic mass is 10.1. The van der Waals surface area contributed by atoms with E-state index >= 15 is 0 Å². The molecular weight excluding hydrogens is 238 g/mol. The number of rotatable bonds is 6. The summed E-state index contributed by atoms with van der Waals surface area (Å²) in [5, 5.41) is 3.74. The predicted molar refractivity (Wildman–Crippen MR) is 79.7 cm³/mol. The van der Waals surface area contributed by atoms with E-state index in [1.165, 1.54) is 14.0 Å². The molecule has 0 radical (unpaired) electrons. The molecule has 0 bridgehead atoms. The van der Waals surface area contributed by atoms with Crippen molar-refractivity contribution in [3.8, 4) is 5.75 Å². The quantitative estimate of drug-likeness (QED) is 0.842. The van der Waals surface area contributed by atoms with E-state index in [1.807, 2.05) is 12.1 Å². The maximum absolute atomic E-state index is 8.36. The van der Waals surface area contributed by atoms with E-state index in [0.29, 0.717) is 17.0 Å². The summed E-state index contributed by atoms with van der Waals surface area (Å²) in [5.74, 6) is 0.575. The molecule has 1 heterocycles. The number of anilines is 1. The van der Waals surface area contributed by atoms with Gasteiger partial charge in [-0.2, -0.15) is 0 Å². The number of nitrogens with one attached hydrogen (secondary N) is 1. The van der Waals surface area contributed by atoms with Gasteiger partial charge in [0.2, 0.25) is 0 Å². The monoisotopic (exact) mass is 264 g/mol. The molecule has 1 aromatic carbocycles. The molecule has 0 saturated carbocycles. The molecule has 3 N–H and O–H groups in total. The van der Waals surface area contributed by atoms with Crippen LogP contribution in [0.15, 0.2) is 30.5 Å². The van der Waals surface area contributed by atoms with Gasteiger partial charge in [-0.1, -0.05) is 6.07 Å². The summed E-state index contributed by atoms with van der Waals surface area (Å²) in [6.07, 6.45) is -1.20. The molecule has 4 nitrogen and oxygen atoms in total. The van der Waals surface area contributed by atoms with E-state index < -0.39 is 25.3 Å². The van der Waals surface area contributed by atoms with Crippen molar-refractivity contribution in [3.63, 3.8) is 0 Å². The molecule has 2 rings (SSSR count). The summed E-state index contributed by atoms with van der Waals surface area (Å²) in [4.78, 5) is 4.29.